The van der Waals surface area contributed by atoms with E-state index in [0.29, 0.717) is 41.7 Å². The van der Waals surface area contributed by atoms with Crippen LogP contribution in [0.25, 0.3) is 0 Å². The Morgan fingerprint density at radius 1 is 1.02 bits per heavy atom. The van der Waals surface area contributed by atoms with E-state index in [0.717, 1.165) is 17.7 Å². The molecule has 236 valence electrons. The lowest BCUT2D eigenvalue weighted by Crippen LogP contribution is -2.72. The Bertz CT molecular complexity index is 1540. The first-order valence-electron chi connectivity index (χ1n) is 15.3. The quantitative estimate of drug-likeness (QED) is 0.155. The van der Waals surface area contributed by atoms with Crippen molar-refractivity contribution in [1.82, 2.24) is 10.2 Å². The number of rotatable bonds is 7. The number of ether oxygens (including phenoxy) is 2. The number of esters is 2. The van der Waals surface area contributed by atoms with Crippen LogP contribution in [0.4, 0.5) is 0 Å². The molecule has 1 unspecified atom stereocenters. The Kier molecular flexibility index (Phi) is 8.36. The standard InChI is InChI=1S/C34H37N3O7S/c1-34(2,3)44-32(40)25-30(39)37-26(33(41)43-27(20-11-6-4-7-12-20)21-13-8-5-9-14-21)24(28(35)45(42)31(25)37)23(19-16-17-19)22-15-10-18-36-29(22)38/h4-9,11-14,19,25,27-28,31H,10,15-18,35H2,1-3H3,(H,36,38)/t25-,28?,31+,45-/m0/s1. The second-order valence-electron chi connectivity index (χ2n) is 12.8. The topological polar surface area (TPSA) is 151 Å². The van der Waals surface area contributed by atoms with Gasteiger partial charge >= 0.3 is 11.9 Å². The predicted molar refractivity (Wildman–Crippen MR) is 166 cm³/mol. The Hall–Kier alpha value is -3.93. The molecule has 10 nitrogen and oxygen atoms in total. The molecule has 0 spiro atoms. The summed E-state index contributed by atoms with van der Waals surface area (Å²) in [7, 11) is 0. The third-order valence-electron chi connectivity index (χ3n) is 8.36. The van der Waals surface area contributed by atoms with Gasteiger partial charge in [0.25, 0.3) is 5.91 Å². The first-order valence-corrected chi connectivity index (χ1v) is 16.5. The van der Waals surface area contributed by atoms with Crippen molar-refractivity contribution < 1.29 is 33.2 Å². The first kappa shape index (κ1) is 31.1. The molecular formula is C34H37N3O7S. The summed E-state index contributed by atoms with van der Waals surface area (Å²) in [6.07, 6.45) is 1.82. The summed E-state index contributed by atoms with van der Waals surface area (Å²) < 4.78 is 25.8. The van der Waals surface area contributed by atoms with Crippen molar-refractivity contribution in [1.29, 1.82) is 0 Å². The number of carbonyl (C=O) groups is 4. The average Bonchev–Trinajstić information content (AvgIpc) is 3.85. The molecule has 0 bridgehead atoms. The molecule has 1 aliphatic carbocycles. The van der Waals surface area contributed by atoms with Crippen molar-refractivity contribution in [2.45, 2.75) is 68.9 Å². The number of carbonyl (C=O) groups excluding carboxylic acids is 4. The fourth-order valence-electron chi connectivity index (χ4n) is 6.23. The van der Waals surface area contributed by atoms with Gasteiger partial charge in [-0.3, -0.25) is 25.0 Å². The fourth-order valence-corrected chi connectivity index (χ4v) is 7.92. The van der Waals surface area contributed by atoms with Crippen LogP contribution >= 0.6 is 0 Å². The van der Waals surface area contributed by atoms with Crippen LogP contribution in [-0.4, -0.2) is 56.1 Å². The Morgan fingerprint density at radius 3 is 2.16 bits per heavy atom. The number of β-lactam (4-membered cyclic amide) rings is 1. The van der Waals surface area contributed by atoms with E-state index in [1.165, 1.54) is 0 Å². The molecule has 4 atom stereocenters. The van der Waals surface area contributed by atoms with E-state index in [2.05, 4.69) is 5.32 Å². The maximum atomic E-state index is 14.5. The largest absolute Gasteiger partial charge is 0.613 e. The van der Waals surface area contributed by atoms with Crippen LogP contribution in [0.3, 0.4) is 0 Å². The van der Waals surface area contributed by atoms with Gasteiger partial charge in [0, 0.05) is 12.1 Å². The molecule has 4 aliphatic rings. The minimum atomic E-state index is -2.00. The SMILES string of the molecule is CC(C)(C)OC(=O)[C@H]1C(=O)N2C(C(=O)OC(c3ccccc3)c3ccccc3)=C(C(=C3CCCNC3=O)C3CC3)C(N)[S@+]([O-])[C@H]12. The van der Waals surface area contributed by atoms with E-state index in [9.17, 15) is 23.7 Å². The minimum absolute atomic E-state index is 0.0849. The lowest BCUT2D eigenvalue weighted by Gasteiger charge is -2.50. The number of benzene rings is 2. The smallest absolute Gasteiger partial charge is 0.356 e. The molecule has 45 heavy (non-hydrogen) atoms. The van der Waals surface area contributed by atoms with Crippen LogP contribution in [0.5, 0.6) is 0 Å². The maximum Gasteiger partial charge on any atom is 0.356 e. The molecule has 3 N–H and O–H groups in total. The summed E-state index contributed by atoms with van der Waals surface area (Å²) in [6.45, 7) is 5.54. The second-order valence-corrected chi connectivity index (χ2v) is 14.4. The van der Waals surface area contributed by atoms with E-state index < -0.39 is 57.4 Å². The van der Waals surface area contributed by atoms with Crippen LogP contribution in [-0.2, 0) is 39.8 Å². The maximum absolute atomic E-state index is 14.5. The van der Waals surface area contributed by atoms with Gasteiger partial charge in [-0.15, -0.1) is 0 Å². The van der Waals surface area contributed by atoms with Gasteiger partial charge in [0.1, 0.15) is 11.3 Å². The number of nitrogens with one attached hydrogen (secondary N) is 1. The van der Waals surface area contributed by atoms with Crippen molar-refractivity contribution in [3.05, 3.63) is 94.2 Å². The summed E-state index contributed by atoms with van der Waals surface area (Å²) >= 11 is -2.00. The lowest BCUT2D eigenvalue weighted by molar-refractivity contribution is -0.176. The lowest BCUT2D eigenvalue weighted by atomic mass is 9.87. The van der Waals surface area contributed by atoms with Gasteiger partial charge in [0.2, 0.25) is 17.2 Å². The van der Waals surface area contributed by atoms with Crippen LogP contribution in [0, 0.1) is 11.8 Å². The molecule has 6 rings (SSSR count). The van der Waals surface area contributed by atoms with Crippen molar-refractivity contribution in [2.75, 3.05) is 6.54 Å². The molecular weight excluding hydrogens is 594 g/mol. The Balaban J connectivity index is 1.49. The molecule has 3 aliphatic heterocycles. The second kappa shape index (κ2) is 12.1. The zero-order valence-corrected chi connectivity index (χ0v) is 26.3. The number of hydrogen-bond acceptors (Lipinski definition) is 8. The zero-order chi connectivity index (χ0) is 32.0. The highest BCUT2D eigenvalue weighted by atomic mass is 32.2. The molecule has 1 saturated carbocycles. The van der Waals surface area contributed by atoms with Gasteiger partial charge in [-0.2, -0.15) is 0 Å². The third kappa shape index (κ3) is 5.92. The normalized spacial score (nSPS) is 26.1. The van der Waals surface area contributed by atoms with Crippen molar-refractivity contribution in [3.8, 4) is 0 Å². The minimum Gasteiger partial charge on any atom is -0.613 e. The van der Waals surface area contributed by atoms with E-state index in [1.54, 1.807) is 20.8 Å². The summed E-state index contributed by atoms with van der Waals surface area (Å²) in [6, 6.07) is 18.4. The summed E-state index contributed by atoms with van der Waals surface area (Å²) in [5, 5.41) is 0.402. The highest BCUT2D eigenvalue weighted by Gasteiger charge is 2.67. The number of nitrogens with two attached hydrogens (primary N) is 1. The number of amides is 2. The predicted octanol–water partition coefficient (Wildman–Crippen LogP) is 3.36. The van der Waals surface area contributed by atoms with Crippen LogP contribution in [0.1, 0.15) is 63.7 Å². The van der Waals surface area contributed by atoms with Gasteiger partial charge in [-0.25, -0.2) is 4.79 Å². The van der Waals surface area contributed by atoms with Crippen LogP contribution < -0.4 is 11.1 Å². The van der Waals surface area contributed by atoms with E-state index in [-0.39, 0.29) is 23.1 Å². The molecule has 2 amide bonds. The molecule has 0 aromatic heterocycles. The van der Waals surface area contributed by atoms with Crippen molar-refractivity contribution in [2.24, 2.45) is 17.6 Å². The van der Waals surface area contributed by atoms with Gasteiger partial charge in [0.05, 0.1) is 5.57 Å². The third-order valence-corrected chi connectivity index (χ3v) is 10.1. The average molecular weight is 632 g/mol. The molecule has 2 aromatic carbocycles. The Morgan fingerprint density at radius 2 is 1.62 bits per heavy atom. The van der Waals surface area contributed by atoms with Gasteiger partial charge < -0.3 is 19.3 Å². The number of piperidine rings is 1. The molecule has 2 saturated heterocycles. The highest BCUT2D eigenvalue weighted by Crippen LogP contribution is 2.51. The van der Waals surface area contributed by atoms with Crippen molar-refractivity contribution in [3.63, 3.8) is 0 Å². The summed E-state index contributed by atoms with van der Waals surface area (Å²) in [5.41, 5.74) is 8.29. The summed E-state index contributed by atoms with van der Waals surface area (Å²) in [4.78, 5) is 55.7. The monoisotopic (exact) mass is 631 g/mol. The number of hydrogen-bond donors (Lipinski definition) is 2. The van der Waals surface area contributed by atoms with E-state index in [1.807, 2.05) is 60.7 Å². The molecule has 3 fully saturated rings. The first-order chi connectivity index (χ1) is 21.5. The summed E-state index contributed by atoms with van der Waals surface area (Å²) in [5.74, 6) is -4.15. The fraction of sp³-hybridized carbons (Fsp3) is 0.412. The van der Waals surface area contributed by atoms with E-state index in [4.69, 9.17) is 15.2 Å². The number of nitrogens with zero attached hydrogens (tertiary/aromatic N) is 1. The van der Waals surface area contributed by atoms with Crippen LogP contribution in [0.15, 0.2) is 83.1 Å². The molecule has 3 heterocycles. The molecule has 0 radical (unpaired) electrons. The van der Waals surface area contributed by atoms with Crippen LogP contribution in [0.2, 0.25) is 0 Å². The van der Waals surface area contributed by atoms with Gasteiger partial charge in [-0.1, -0.05) is 60.7 Å². The number of fused-ring (bicyclic) bond motifs is 1. The van der Waals surface area contributed by atoms with Crippen molar-refractivity contribution >= 4 is 34.9 Å². The molecule has 11 heteroatoms. The highest BCUT2D eigenvalue weighted by molar-refractivity contribution is 7.93. The van der Waals surface area contributed by atoms with E-state index >= 15 is 0 Å². The van der Waals surface area contributed by atoms with Gasteiger partial charge in [-0.05, 0) is 80.2 Å². The molecule has 2 aromatic rings. The Labute approximate surface area is 265 Å². The van der Waals surface area contributed by atoms with Gasteiger partial charge in [0.15, 0.2) is 11.5 Å². The zero-order valence-electron chi connectivity index (χ0n) is 25.5.